The predicted molar refractivity (Wildman–Crippen MR) is 150 cm³/mol. The zero-order valence-corrected chi connectivity index (χ0v) is 22.2. The molecule has 0 bridgehead atoms. The van der Waals surface area contributed by atoms with E-state index >= 15 is 0 Å². The van der Waals surface area contributed by atoms with Crippen LogP contribution >= 0.6 is 12.2 Å². The summed E-state index contributed by atoms with van der Waals surface area (Å²) in [6.07, 6.45) is 7.60. The Hall–Kier alpha value is -3.98. The average molecular weight is 512 g/mol. The van der Waals surface area contributed by atoms with Crippen molar-refractivity contribution in [2.75, 3.05) is 5.32 Å². The van der Waals surface area contributed by atoms with E-state index in [1.165, 1.54) is 5.56 Å². The highest BCUT2D eigenvalue weighted by Gasteiger charge is 2.18. The van der Waals surface area contributed by atoms with Crippen LogP contribution in [0.15, 0.2) is 61.4 Å². The minimum Gasteiger partial charge on any atom is -0.439 e. The molecule has 0 aliphatic rings. The number of aryl methyl sites for hydroxylation is 1. The first-order valence-corrected chi connectivity index (χ1v) is 12.7. The molecule has 0 amide bonds. The van der Waals surface area contributed by atoms with E-state index in [0.29, 0.717) is 17.3 Å². The van der Waals surface area contributed by atoms with Crippen LogP contribution < -0.4 is 10.1 Å². The van der Waals surface area contributed by atoms with E-state index < -0.39 is 0 Å². The summed E-state index contributed by atoms with van der Waals surface area (Å²) in [4.78, 5) is 14.4. The molecule has 2 aromatic carbocycles. The molecule has 0 fully saturated rings. The lowest BCUT2D eigenvalue weighted by atomic mass is 9.84. The first-order chi connectivity index (χ1) is 17.8. The molecule has 0 saturated heterocycles. The van der Waals surface area contributed by atoms with Crippen molar-refractivity contribution in [1.82, 2.24) is 29.5 Å². The molecule has 0 radical (unpaired) electrons. The number of ether oxygens (including phenoxy) is 1. The van der Waals surface area contributed by atoms with Gasteiger partial charge in [0.2, 0.25) is 5.88 Å². The summed E-state index contributed by atoms with van der Waals surface area (Å²) in [5, 5.41) is 12.3. The second-order valence-corrected chi connectivity index (χ2v) is 10.6. The van der Waals surface area contributed by atoms with Crippen molar-refractivity contribution in [2.24, 2.45) is 5.41 Å². The van der Waals surface area contributed by atoms with Crippen molar-refractivity contribution >= 4 is 45.1 Å². The highest BCUT2D eigenvalue weighted by molar-refractivity contribution is 7.80. The molecule has 0 spiro atoms. The number of hydrogen-bond acceptors (Lipinski definition) is 8. The molecule has 5 aromatic rings. The third-order valence-corrected chi connectivity index (χ3v) is 6.84. The van der Waals surface area contributed by atoms with Gasteiger partial charge in [0.25, 0.3) is 0 Å². The van der Waals surface area contributed by atoms with E-state index in [9.17, 15) is 0 Å². The lowest BCUT2D eigenvalue weighted by Gasteiger charge is -2.23. The first kappa shape index (κ1) is 24.7. The number of nitrogens with one attached hydrogen (secondary N) is 1. The van der Waals surface area contributed by atoms with Crippen LogP contribution in [-0.2, 0) is 6.42 Å². The molecule has 0 atom stereocenters. The number of hydrogen-bond donors (Lipinski definition) is 1. The molecule has 1 N–H and O–H groups in total. The van der Waals surface area contributed by atoms with Gasteiger partial charge in [0.05, 0.1) is 5.52 Å². The Balaban J connectivity index is 1.34. The highest BCUT2D eigenvalue weighted by atomic mass is 32.1. The van der Waals surface area contributed by atoms with Crippen molar-refractivity contribution in [3.05, 3.63) is 72.6 Å². The van der Waals surface area contributed by atoms with Gasteiger partial charge in [-0.25, -0.2) is 15.0 Å². The molecule has 0 aliphatic heterocycles. The minimum absolute atomic E-state index is 0.219. The van der Waals surface area contributed by atoms with Gasteiger partial charge in [0.15, 0.2) is 5.65 Å². The van der Waals surface area contributed by atoms with Gasteiger partial charge in [-0.1, -0.05) is 45.5 Å². The van der Waals surface area contributed by atoms with Gasteiger partial charge in [0.1, 0.15) is 30.5 Å². The molecule has 0 aliphatic carbocycles. The Labute approximate surface area is 221 Å². The van der Waals surface area contributed by atoms with Crippen molar-refractivity contribution in [3.8, 4) is 11.6 Å². The second-order valence-electron chi connectivity index (χ2n) is 10.0. The van der Waals surface area contributed by atoms with Crippen LogP contribution in [0.25, 0.3) is 16.6 Å². The fourth-order valence-electron chi connectivity index (χ4n) is 4.12. The van der Waals surface area contributed by atoms with E-state index in [1.807, 2.05) is 31.2 Å². The van der Waals surface area contributed by atoms with Gasteiger partial charge >= 0.3 is 0 Å². The van der Waals surface area contributed by atoms with Crippen molar-refractivity contribution in [1.29, 1.82) is 0 Å². The van der Waals surface area contributed by atoms with Gasteiger partial charge in [-0.15, -0.1) is 10.2 Å². The van der Waals surface area contributed by atoms with Crippen molar-refractivity contribution in [3.63, 3.8) is 0 Å². The lowest BCUT2D eigenvalue weighted by Crippen LogP contribution is -2.16. The molecule has 9 heteroatoms. The summed E-state index contributed by atoms with van der Waals surface area (Å²) in [6, 6.07) is 13.9. The summed E-state index contributed by atoms with van der Waals surface area (Å²) in [7, 11) is 0. The Morgan fingerprint density at radius 3 is 2.73 bits per heavy atom. The number of aromatic nitrogens is 6. The summed E-state index contributed by atoms with van der Waals surface area (Å²) in [5.41, 5.74) is 4.79. The molecular formula is C28H29N7OS. The number of rotatable bonds is 9. The smallest absolute Gasteiger partial charge is 0.224 e. The maximum Gasteiger partial charge on any atom is 0.224 e. The van der Waals surface area contributed by atoms with Gasteiger partial charge in [0, 0.05) is 23.6 Å². The molecule has 0 saturated carbocycles. The molecule has 5 rings (SSSR count). The fraction of sp³-hybridized carbons (Fsp3) is 0.286. The van der Waals surface area contributed by atoms with Crippen LogP contribution in [0, 0.1) is 12.3 Å². The van der Waals surface area contributed by atoms with E-state index in [0.717, 1.165) is 52.1 Å². The molecule has 0 unspecified atom stereocenters. The molecule has 3 aromatic heterocycles. The van der Waals surface area contributed by atoms with Crippen LogP contribution in [0.5, 0.6) is 11.6 Å². The number of fused-ring (bicyclic) bond motifs is 2. The van der Waals surface area contributed by atoms with Gasteiger partial charge in [-0.3, -0.25) is 4.40 Å². The maximum absolute atomic E-state index is 6.00. The summed E-state index contributed by atoms with van der Waals surface area (Å²) in [6.45, 7) is 8.73. The van der Waals surface area contributed by atoms with E-state index in [4.69, 9.17) is 17.0 Å². The third-order valence-electron chi connectivity index (χ3n) is 6.55. The van der Waals surface area contributed by atoms with E-state index in [2.05, 4.69) is 63.4 Å². The third kappa shape index (κ3) is 5.72. The highest BCUT2D eigenvalue weighted by Crippen LogP contribution is 2.30. The van der Waals surface area contributed by atoms with Crippen molar-refractivity contribution in [2.45, 2.75) is 47.0 Å². The Kier molecular flexibility index (Phi) is 6.80. The first-order valence-electron chi connectivity index (χ1n) is 12.3. The molecule has 3 heterocycles. The summed E-state index contributed by atoms with van der Waals surface area (Å²) in [5.74, 6) is 1.91. The second kappa shape index (κ2) is 10.2. The summed E-state index contributed by atoms with van der Waals surface area (Å²) < 4.78 is 7.73. The number of nitrogens with zero attached hydrogens (tertiary/aromatic N) is 6. The zero-order valence-electron chi connectivity index (χ0n) is 21.4. The topological polar surface area (TPSA) is 90.1 Å². The van der Waals surface area contributed by atoms with Gasteiger partial charge in [-0.05, 0) is 65.1 Å². The lowest BCUT2D eigenvalue weighted by molar-refractivity contribution is 0.368. The molecule has 8 nitrogen and oxygen atoms in total. The Morgan fingerprint density at radius 2 is 1.92 bits per heavy atom. The van der Waals surface area contributed by atoms with Crippen LogP contribution in [0.3, 0.4) is 0 Å². The number of thiocarbonyl (C=S) groups is 1. The largest absolute Gasteiger partial charge is 0.439 e. The van der Waals surface area contributed by atoms with Crippen LogP contribution in [-0.4, -0.2) is 34.4 Å². The normalized spacial score (nSPS) is 11.7. The quantitative estimate of drug-likeness (QED) is 0.220. The Morgan fingerprint density at radius 1 is 1.05 bits per heavy atom. The molecular weight excluding hydrogens is 482 g/mol. The standard InChI is InChI=1S/C28H29N7OS/c1-5-28(3,4)14-21(37)11-19-6-8-23-22(12-19)27(30-15-29-23)33-20-7-9-24(18(2)10-20)36-26-13-25-34-32-17-35(25)16-31-26/h6-10,12-13,15-17H,5,11,14H2,1-4H3,(H,29,30,33). The molecule has 37 heavy (non-hydrogen) atoms. The van der Waals surface area contributed by atoms with Crippen LogP contribution in [0.1, 0.15) is 44.7 Å². The van der Waals surface area contributed by atoms with E-state index in [1.54, 1.807) is 29.4 Å². The minimum atomic E-state index is 0.219. The van der Waals surface area contributed by atoms with Crippen LogP contribution in [0.2, 0.25) is 0 Å². The van der Waals surface area contributed by atoms with E-state index in [-0.39, 0.29) is 5.41 Å². The number of anilines is 2. The zero-order chi connectivity index (χ0) is 26.0. The fourth-order valence-corrected chi connectivity index (χ4v) is 4.68. The molecule has 188 valence electrons. The van der Waals surface area contributed by atoms with Crippen molar-refractivity contribution < 1.29 is 4.74 Å². The van der Waals surface area contributed by atoms with Gasteiger partial charge < -0.3 is 10.1 Å². The Bertz CT molecular complexity index is 1590. The number of benzene rings is 2. The average Bonchev–Trinajstić information content (AvgIpc) is 3.34. The summed E-state index contributed by atoms with van der Waals surface area (Å²) >= 11 is 5.73. The SMILES string of the molecule is CCC(C)(C)CC(=S)Cc1ccc2ncnc(Nc3ccc(Oc4cc5nncn5cn4)c(C)c3)c2c1. The maximum atomic E-state index is 6.00. The van der Waals surface area contributed by atoms with Gasteiger partial charge in [-0.2, -0.15) is 0 Å². The monoisotopic (exact) mass is 511 g/mol. The van der Waals surface area contributed by atoms with Crippen LogP contribution in [0.4, 0.5) is 11.5 Å². The predicted octanol–water partition coefficient (Wildman–Crippen LogP) is 6.65.